The molecule has 0 saturated carbocycles. The molecule has 186 valence electrons. The monoisotopic (exact) mass is 503 g/mol. The highest BCUT2D eigenvalue weighted by molar-refractivity contribution is 7.99. The van der Waals surface area contributed by atoms with Crippen molar-refractivity contribution >= 4 is 51.0 Å². The summed E-state index contributed by atoms with van der Waals surface area (Å²) in [7, 11) is 0. The molecule has 1 aliphatic rings. The predicted molar refractivity (Wildman–Crippen MR) is 145 cm³/mol. The Morgan fingerprint density at radius 3 is 2.94 bits per heavy atom. The van der Waals surface area contributed by atoms with Crippen molar-refractivity contribution in [3.63, 3.8) is 0 Å². The third kappa shape index (κ3) is 6.04. The number of carbonyl (C=O) groups is 1. The van der Waals surface area contributed by atoms with E-state index in [2.05, 4.69) is 37.3 Å². The number of morpholine rings is 1. The smallest absolute Gasteiger partial charge is 0.328 e. The molecule has 0 radical (unpaired) electrons. The van der Waals surface area contributed by atoms with E-state index in [0.29, 0.717) is 0 Å². The van der Waals surface area contributed by atoms with E-state index in [1.54, 1.807) is 24.2 Å². The molecule has 9 heteroatoms. The maximum atomic E-state index is 11.3. The predicted octanol–water partition coefficient (Wildman–Crippen LogP) is 4.99. The number of benzene rings is 2. The van der Waals surface area contributed by atoms with Crippen LogP contribution >= 0.6 is 11.8 Å². The number of thioether (sulfide) groups is 1. The highest BCUT2D eigenvalue weighted by Gasteiger charge is 2.14. The summed E-state index contributed by atoms with van der Waals surface area (Å²) in [6.07, 6.45) is 7.51. The van der Waals surface area contributed by atoms with Crippen molar-refractivity contribution in [3.05, 3.63) is 72.7 Å². The number of hydrogen-bond acceptors (Lipinski definition) is 7. The van der Waals surface area contributed by atoms with E-state index in [1.807, 2.05) is 36.5 Å². The van der Waals surface area contributed by atoms with Crippen molar-refractivity contribution in [1.82, 2.24) is 19.9 Å². The van der Waals surface area contributed by atoms with Gasteiger partial charge in [-0.2, -0.15) is 0 Å². The zero-order chi connectivity index (χ0) is 24.7. The number of carboxylic acid groups (broad SMARTS) is 1. The largest absolute Gasteiger partial charge is 0.478 e. The van der Waals surface area contributed by atoms with Crippen molar-refractivity contribution < 1.29 is 14.6 Å². The molecule has 2 aromatic heterocycles. The molecule has 3 heterocycles. The quantitative estimate of drug-likeness (QED) is 0.205. The topological polar surface area (TPSA) is 103 Å². The van der Waals surface area contributed by atoms with Crippen molar-refractivity contribution in [1.29, 1.82) is 0 Å². The first-order valence-electron chi connectivity index (χ1n) is 12.1. The molecule has 1 unspecified atom stereocenters. The average Bonchev–Trinajstić information content (AvgIpc) is 3.37. The Kier molecular flexibility index (Phi) is 7.80. The normalized spacial score (nSPS) is 15.6. The van der Waals surface area contributed by atoms with E-state index >= 15 is 0 Å². The Bertz CT molecular complexity index is 1370. The van der Waals surface area contributed by atoms with Gasteiger partial charge in [-0.3, -0.25) is 4.90 Å². The van der Waals surface area contributed by atoms with Crippen LogP contribution in [-0.4, -0.2) is 69.5 Å². The van der Waals surface area contributed by atoms with Crippen LogP contribution in [0.25, 0.3) is 21.8 Å². The number of aliphatic carboxylic acids is 1. The summed E-state index contributed by atoms with van der Waals surface area (Å²) in [5.41, 5.74) is 3.87. The summed E-state index contributed by atoms with van der Waals surface area (Å²) >= 11 is 1.75. The highest BCUT2D eigenvalue weighted by Crippen LogP contribution is 2.34. The first-order chi connectivity index (χ1) is 17.7. The Labute approximate surface area is 213 Å². The molecule has 1 aliphatic heterocycles. The summed E-state index contributed by atoms with van der Waals surface area (Å²) < 4.78 is 5.43. The number of H-pyrrole nitrogens is 1. The third-order valence-electron chi connectivity index (χ3n) is 6.24. The van der Waals surface area contributed by atoms with Crippen LogP contribution in [0.15, 0.2) is 67.1 Å². The van der Waals surface area contributed by atoms with Crippen molar-refractivity contribution in [2.75, 3.05) is 43.9 Å². The summed E-state index contributed by atoms with van der Waals surface area (Å²) in [5, 5.41) is 14.6. The second kappa shape index (κ2) is 11.6. The Hall–Kier alpha value is -3.40. The van der Waals surface area contributed by atoms with E-state index in [0.717, 1.165) is 83.9 Å². The van der Waals surface area contributed by atoms with Crippen molar-refractivity contribution in [2.24, 2.45) is 0 Å². The molecule has 2 aromatic carbocycles. The van der Waals surface area contributed by atoms with Gasteiger partial charge in [0.2, 0.25) is 0 Å². The fraction of sp³-hybridized carbons (Fsp3) is 0.296. The van der Waals surface area contributed by atoms with E-state index in [-0.39, 0.29) is 5.25 Å². The molecule has 1 saturated heterocycles. The number of rotatable bonds is 10. The SMILES string of the molecule is O=C(O)C=CC(SCCCN1CCOCC1)c1ccc2ncnc(Nc3ccc4[nH]ccc4c3)c2c1. The second-order valence-electron chi connectivity index (χ2n) is 8.70. The lowest BCUT2D eigenvalue weighted by Gasteiger charge is -2.26. The number of anilines is 2. The molecule has 8 nitrogen and oxygen atoms in total. The second-order valence-corrected chi connectivity index (χ2v) is 9.95. The molecule has 36 heavy (non-hydrogen) atoms. The number of nitrogens with one attached hydrogen (secondary N) is 2. The van der Waals surface area contributed by atoms with Gasteiger partial charge >= 0.3 is 5.97 Å². The molecule has 1 atom stereocenters. The average molecular weight is 504 g/mol. The molecule has 0 amide bonds. The van der Waals surface area contributed by atoms with Gasteiger partial charge in [0.25, 0.3) is 0 Å². The maximum Gasteiger partial charge on any atom is 0.328 e. The number of ether oxygens (including phenoxy) is 1. The van der Waals surface area contributed by atoms with Crippen LogP contribution in [0, 0.1) is 0 Å². The molecular formula is C27H29N5O3S. The standard InChI is InChI=1S/C27H29N5O3S/c33-26(34)7-6-25(36-15-1-10-32-11-13-35-14-12-32)20-2-4-24-22(17-20)27(30-18-29-24)31-21-3-5-23-19(16-21)8-9-28-23/h2-9,16-18,25,28H,1,10-15H2,(H,33,34)(H,29,30,31). The molecule has 5 rings (SSSR count). The third-order valence-corrected chi connectivity index (χ3v) is 7.55. The molecule has 4 aromatic rings. The minimum Gasteiger partial charge on any atom is -0.478 e. The minimum absolute atomic E-state index is 0.0838. The lowest BCUT2D eigenvalue weighted by Crippen LogP contribution is -2.37. The zero-order valence-corrected chi connectivity index (χ0v) is 20.7. The fourth-order valence-corrected chi connectivity index (χ4v) is 5.45. The number of aromatic amines is 1. The van der Waals surface area contributed by atoms with Gasteiger partial charge in [0.05, 0.1) is 18.7 Å². The minimum atomic E-state index is -0.944. The van der Waals surface area contributed by atoms with Crippen LogP contribution in [0.4, 0.5) is 11.5 Å². The Morgan fingerprint density at radius 1 is 1.19 bits per heavy atom. The van der Waals surface area contributed by atoms with Crippen LogP contribution in [0.2, 0.25) is 0 Å². The fourth-order valence-electron chi connectivity index (χ4n) is 4.37. The number of aromatic nitrogens is 3. The van der Waals surface area contributed by atoms with Crippen LogP contribution in [0.3, 0.4) is 0 Å². The van der Waals surface area contributed by atoms with Gasteiger partial charge in [0, 0.05) is 52.6 Å². The molecule has 3 N–H and O–H groups in total. The van der Waals surface area contributed by atoms with Gasteiger partial charge in [0.1, 0.15) is 12.1 Å². The van der Waals surface area contributed by atoms with E-state index < -0.39 is 5.97 Å². The van der Waals surface area contributed by atoms with E-state index in [1.165, 1.54) is 6.08 Å². The lowest BCUT2D eigenvalue weighted by molar-refractivity contribution is -0.131. The summed E-state index contributed by atoms with van der Waals surface area (Å²) in [6, 6.07) is 14.2. The maximum absolute atomic E-state index is 11.3. The van der Waals surface area contributed by atoms with Gasteiger partial charge in [-0.15, -0.1) is 11.8 Å². The summed E-state index contributed by atoms with van der Waals surface area (Å²) in [5.74, 6) is 0.701. The number of fused-ring (bicyclic) bond motifs is 2. The Morgan fingerprint density at radius 2 is 2.08 bits per heavy atom. The van der Waals surface area contributed by atoms with E-state index in [4.69, 9.17) is 4.74 Å². The molecule has 0 aliphatic carbocycles. The lowest BCUT2D eigenvalue weighted by atomic mass is 10.1. The number of nitrogens with zero attached hydrogens (tertiary/aromatic N) is 3. The summed E-state index contributed by atoms with van der Waals surface area (Å²) in [6.45, 7) is 4.57. The Balaban J connectivity index is 1.35. The van der Waals surface area contributed by atoms with Gasteiger partial charge in [0.15, 0.2) is 0 Å². The van der Waals surface area contributed by atoms with Crippen molar-refractivity contribution in [3.8, 4) is 0 Å². The molecule has 0 bridgehead atoms. The zero-order valence-electron chi connectivity index (χ0n) is 19.9. The molecule has 0 spiro atoms. The summed E-state index contributed by atoms with van der Waals surface area (Å²) in [4.78, 5) is 25.8. The first-order valence-corrected chi connectivity index (χ1v) is 13.1. The number of carboxylic acids is 1. The van der Waals surface area contributed by atoms with Gasteiger partial charge in [-0.25, -0.2) is 14.8 Å². The van der Waals surface area contributed by atoms with Gasteiger partial charge in [-0.05, 0) is 60.7 Å². The van der Waals surface area contributed by atoms with Crippen LogP contribution in [-0.2, 0) is 9.53 Å². The number of hydrogen-bond donors (Lipinski definition) is 3. The van der Waals surface area contributed by atoms with Crippen molar-refractivity contribution in [2.45, 2.75) is 11.7 Å². The highest BCUT2D eigenvalue weighted by atomic mass is 32.2. The molecule has 1 fully saturated rings. The first kappa shape index (κ1) is 24.3. The van der Waals surface area contributed by atoms with Crippen LogP contribution < -0.4 is 5.32 Å². The van der Waals surface area contributed by atoms with Crippen LogP contribution in [0.1, 0.15) is 17.2 Å². The molecular weight excluding hydrogens is 474 g/mol. The van der Waals surface area contributed by atoms with Crippen LogP contribution in [0.5, 0.6) is 0 Å². The van der Waals surface area contributed by atoms with E-state index in [9.17, 15) is 9.90 Å². The van der Waals surface area contributed by atoms with Gasteiger partial charge in [-0.1, -0.05) is 12.1 Å². The van der Waals surface area contributed by atoms with Gasteiger partial charge < -0.3 is 20.1 Å².